The van der Waals surface area contributed by atoms with Crippen molar-refractivity contribution in [2.24, 2.45) is 5.41 Å². The van der Waals surface area contributed by atoms with Gasteiger partial charge in [0, 0.05) is 38.3 Å². The van der Waals surface area contributed by atoms with Crippen molar-refractivity contribution in [1.82, 2.24) is 0 Å². The first kappa shape index (κ1) is 24.1. The first-order chi connectivity index (χ1) is 18.9. The summed E-state index contributed by atoms with van der Waals surface area (Å²) < 4.78 is 0. The standard InChI is InChI=1S/C33H21Cl2NO3/c34-22-10-6-9-21(18-22)28-29(30(37)19-7-2-1-3-8-19)36-26-15-14-23(35)17-20(26)13-16-27(36)33(28)31(38)24-11-4-5-12-25(24)32(33)39/h1-18,27-29H/t27?,28-,29+/m0/s1. The summed E-state index contributed by atoms with van der Waals surface area (Å²) in [5.74, 6) is -1.51. The minimum atomic E-state index is -1.56. The van der Waals surface area contributed by atoms with Gasteiger partial charge in [-0.2, -0.15) is 0 Å². The van der Waals surface area contributed by atoms with Crippen molar-refractivity contribution in [2.75, 3.05) is 4.90 Å². The summed E-state index contributed by atoms with van der Waals surface area (Å²) in [5, 5.41) is 1.03. The maximum absolute atomic E-state index is 14.6. The van der Waals surface area contributed by atoms with E-state index in [0.29, 0.717) is 32.3 Å². The van der Waals surface area contributed by atoms with E-state index in [1.165, 1.54) is 0 Å². The number of ketones is 3. The normalized spacial score (nSPS) is 22.1. The minimum Gasteiger partial charge on any atom is -0.352 e. The fraction of sp³-hybridized carbons (Fsp3) is 0.121. The molecule has 6 heteroatoms. The van der Waals surface area contributed by atoms with Crippen LogP contribution in [0, 0.1) is 5.41 Å². The van der Waals surface area contributed by atoms with Crippen molar-refractivity contribution >= 4 is 52.3 Å². The molecule has 1 fully saturated rings. The SMILES string of the molecule is O=C(c1ccccc1)[C@H]1[C@H](c2cccc(Cl)c2)C2(C(=O)c3ccccc3C2=O)C2C=Cc3cc(Cl)ccc3N21. The number of carbonyl (C=O) groups excluding carboxylic acids is 3. The molecule has 2 heterocycles. The molecule has 0 radical (unpaired) electrons. The van der Waals surface area contributed by atoms with E-state index in [9.17, 15) is 14.4 Å². The van der Waals surface area contributed by atoms with Gasteiger partial charge in [0.25, 0.3) is 0 Å². The molecular weight excluding hydrogens is 529 g/mol. The fourth-order valence-electron chi connectivity index (χ4n) is 6.79. The van der Waals surface area contributed by atoms with Crippen molar-refractivity contribution in [3.8, 4) is 0 Å². The van der Waals surface area contributed by atoms with Gasteiger partial charge in [-0.3, -0.25) is 14.4 Å². The Balaban J connectivity index is 1.56. The number of hydrogen-bond donors (Lipinski definition) is 0. The lowest BCUT2D eigenvalue weighted by Crippen LogP contribution is -2.48. The summed E-state index contributed by atoms with van der Waals surface area (Å²) >= 11 is 12.8. The van der Waals surface area contributed by atoms with Crippen LogP contribution in [0.2, 0.25) is 10.0 Å². The van der Waals surface area contributed by atoms with E-state index in [4.69, 9.17) is 23.2 Å². The Labute approximate surface area is 235 Å². The zero-order valence-corrected chi connectivity index (χ0v) is 22.1. The Morgan fingerprint density at radius 1 is 0.744 bits per heavy atom. The Bertz CT molecular complexity index is 1690. The van der Waals surface area contributed by atoms with Gasteiger partial charge in [-0.1, -0.05) is 102 Å². The molecule has 1 spiro atoms. The fourth-order valence-corrected chi connectivity index (χ4v) is 7.17. The van der Waals surface area contributed by atoms with Crippen LogP contribution in [0.3, 0.4) is 0 Å². The molecule has 4 aromatic carbocycles. The number of halogens is 2. The van der Waals surface area contributed by atoms with Crippen LogP contribution in [0.15, 0.2) is 103 Å². The molecule has 4 aromatic rings. The molecular formula is C33H21Cl2NO3. The van der Waals surface area contributed by atoms with E-state index in [2.05, 4.69) is 0 Å². The van der Waals surface area contributed by atoms with Crippen LogP contribution in [-0.4, -0.2) is 29.4 Å². The monoisotopic (exact) mass is 549 g/mol. The second-order valence-electron chi connectivity index (χ2n) is 10.2. The van der Waals surface area contributed by atoms with Crippen LogP contribution >= 0.6 is 23.2 Å². The highest BCUT2D eigenvalue weighted by molar-refractivity contribution is 6.33. The molecule has 0 aromatic heterocycles. The number of Topliss-reactive ketones (excluding diaryl/α,β-unsaturated/α-hetero) is 3. The third kappa shape index (κ3) is 3.28. The third-order valence-electron chi connectivity index (χ3n) is 8.30. The van der Waals surface area contributed by atoms with E-state index < -0.39 is 23.4 Å². The van der Waals surface area contributed by atoms with Crippen LogP contribution < -0.4 is 4.90 Å². The Morgan fingerprint density at radius 3 is 2.10 bits per heavy atom. The molecule has 3 aliphatic rings. The maximum atomic E-state index is 14.6. The van der Waals surface area contributed by atoms with E-state index in [0.717, 1.165) is 11.3 Å². The summed E-state index contributed by atoms with van der Waals surface area (Å²) in [4.78, 5) is 45.7. The van der Waals surface area contributed by atoms with Crippen LogP contribution in [0.1, 0.15) is 48.1 Å². The van der Waals surface area contributed by atoms with Crippen molar-refractivity contribution in [1.29, 1.82) is 0 Å². The lowest BCUT2D eigenvalue weighted by atomic mass is 9.64. The zero-order chi connectivity index (χ0) is 26.9. The molecule has 0 N–H and O–H groups in total. The average molecular weight is 550 g/mol. The van der Waals surface area contributed by atoms with Gasteiger partial charge in [0.15, 0.2) is 17.3 Å². The van der Waals surface area contributed by atoms with Gasteiger partial charge in [0.2, 0.25) is 0 Å². The first-order valence-electron chi connectivity index (χ1n) is 12.7. The van der Waals surface area contributed by atoms with Gasteiger partial charge in [0.1, 0.15) is 11.5 Å². The van der Waals surface area contributed by atoms with Gasteiger partial charge in [-0.05, 0) is 41.5 Å². The largest absolute Gasteiger partial charge is 0.352 e. The summed E-state index contributed by atoms with van der Waals surface area (Å²) in [6, 6.07) is 27.1. The van der Waals surface area contributed by atoms with Gasteiger partial charge < -0.3 is 4.90 Å². The summed E-state index contributed by atoms with van der Waals surface area (Å²) in [7, 11) is 0. The molecule has 4 nitrogen and oxygen atoms in total. The van der Waals surface area contributed by atoms with Crippen molar-refractivity contribution < 1.29 is 14.4 Å². The van der Waals surface area contributed by atoms with Crippen LogP contribution in [0.5, 0.6) is 0 Å². The summed E-state index contributed by atoms with van der Waals surface area (Å²) in [6.45, 7) is 0. The molecule has 7 rings (SSSR count). The molecule has 2 aliphatic heterocycles. The molecule has 39 heavy (non-hydrogen) atoms. The topological polar surface area (TPSA) is 54.5 Å². The Hall–Kier alpha value is -3.99. The molecule has 0 saturated carbocycles. The number of rotatable bonds is 3. The summed E-state index contributed by atoms with van der Waals surface area (Å²) in [6.07, 6.45) is 3.79. The minimum absolute atomic E-state index is 0.171. The van der Waals surface area contributed by atoms with E-state index >= 15 is 0 Å². The lowest BCUT2D eigenvalue weighted by molar-refractivity contribution is 0.0666. The zero-order valence-electron chi connectivity index (χ0n) is 20.6. The molecule has 190 valence electrons. The molecule has 0 amide bonds. The molecule has 3 atom stereocenters. The number of nitrogens with zero attached hydrogens (tertiary/aromatic N) is 1. The second kappa shape index (κ2) is 8.77. The number of anilines is 1. The van der Waals surface area contributed by atoms with Crippen LogP contribution in [0.25, 0.3) is 6.08 Å². The molecule has 1 unspecified atom stereocenters. The van der Waals surface area contributed by atoms with Crippen molar-refractivity contribution in [3.63, 3.8) is 0 Å². The van der Waals surface area contributed by atoms with Gasteiger partial charge in [-0.15, -0.1) is 0 Å². The Morgan fingerprint density at radius 2 is 1.41 bits per heavy atom. The van der Waals surface area contributed by atoms with Gasteiger partial charge >= 0.3 is 0 Å². The predicted molar refractivity (Wildman–Crippen MR) is 153 cm³/mol. The predicted octanol–water partition coefficient (Wildman–Crippen LogP) is 7.31. The van der Waals surface area contributed by atoms with E-state index in [1.807, 2.05) is 53.5 Å². The maximum Gasteiger partial charge on any atom is 0.185 e. The average Bonchev–Trinajstić information content (AvgIpc) is 3.39. The third-order valence-corrected chi connectivity index (χ3v) is 8.77. The summed E-state index contributed by atoms with van der Waals surface area (Å²) in [5.41, 5.74) is 1.96. The van der Waals surface area contributed by atoms with Gasteiger partial charge in [-0.25, -0.2) is 0 Å². The van der Waals surface area contributed by atoms with Crippen LogP contribution in [-0.2, 0) is 0 Å². The van der Waals surface area contributed by atoms with E-state index in [1.54, 1.807) is 60.7 Å². The van der Waals surface area contributed by atoms with Crippen molar-refractivity contribution in [2.45, 2.75) is 18.0 Å². The van der Waals surface area contributed by atoms with Crippen molar-refractivity contribution in [3.05, 3.63) is 141 Å². The number of benzene rings is 4. The molecule has 1 saturated heterocycles. The van der Waals surface area contributed by atoms with Gasteiger partial charge in [0.05, 0.1) is 6.04 Å². The molecule has 1 aliphatic carbocycles. The number of hydrogen-bond acceptors (Lipinski definition) is 4. The van der Waals surface area contributed by atoms with E-state index in [-0.39, 0.29) is 17.3 Å². The van der Waals surface area contributed by atoms with Crippen LogP contribution in [0.4, 0.5) is 5.69 Å². The number of fused-ring (bicyclic) bond motifs is 5. The quantitative estimate of drug-likeness (QED) is 0.198. The second-order valence-corrected chi connectivity index (χ2v) is 11.1. The molecule has 0 bridgehead atoms. The smallest absolute Gasteiger partial charge is 0.185 e. The highest BCUT2D eigenvalue weighted by atomic mass is 35.5. The Kier molecular flexibility index (Phi) is 5.41. The highest BCUT2D eigenvalue weighted by Crippen LogP contribution is 2.61. The number of carbonyl (C=O) groups is 3. The first-order valence-corrected chi connectivity index (χ1v) is 13.5. The lowest BCUT2D eigenvalue weighted by Gasteiger charge is -2.37. The highest BCUT2D eigenvalue weighted by Gasteiger charge is 2.71.